The van der Waals surface area contributed by atoms with E-state index in [1.807, 2.05) is 28.8 Å². The van der Waals surface area contributed by atoms with Gasteiger partial charge < -0.3 is 9.88 Å². The highest BCUT2D eigenvalue weighted by molar-refractivity contribution is 7.91. The molecule has 0 saturated heterocycles. The topological polar surface area (TPSA) is 63.5 Å². The Bertz CT molecular complexity index is 759. The highest BCUT2D eigenvalue weighted by atomic mass is 32.2. The van der Waals surface area contributed by atoms with Crippen molar-refractivity contribution < 1.29 is 8.42 Å². The van der Waals surface area contributed by atoms with E-state index in [9.17, 15) is 8.42 Å². The van der Waals surface area contributed by atoms with Gasteiger partial charge in [0, 0.05) is 29.9 Å². The molecule has 0 unspecified atom stereocenters. The van der Waals surface area contributed by atoms with Crippen molar-refractivity contribution in [2.45, 2.75) is 11.4 Å². The molecule has 2 heterocycles. The van der Waals surface area contributed by atoms with Gasteiger partial charge in [0.05, 0.1) is 18.0 Å². The maximum atomic E-state index is 11.8. The molecule has 0 bridgehead atoms. The van der Waals surface area contributed by atoms with Crippen molar-refractivity contribution in [3.05, 3.63) is 30.5 Å². The third-order valence-electron chi connectivity index (χ3n) is 3.22. The highest BCUT2D eigenvalue weighted by Gasteiger charge is 2.17. The van der Waals surface area contributed by atoms with Crippen LogP contribution in [0.1, 0.15) is 0 Å². The lowest BCUT2D eigenvalue weighted by molar-refractivity contribution is 0.602. The minimum absolute atomic E-state index is 0.377. The first-order valence-electron chi connectivity index (χ1n) is 6.11. The largest absolute Gasteiger partial charge is 0.370 e. The van der Waals surface area contributed by atoms with E-state index in [-0.39, 0.29) is 0 Å². The predicted molar refractivity (Wildman–Crippen MR) is 75.4 cm³/mol. The fraction of sp³-hybridized carbons (Fsp3) is 0.308. The number of para-hydroxylation sites is 1. The van der Waals surface area contributed by atoms with Crippen LogP contribution in [0.25, 0.3) is 10.9 Å². The standard InChI is InChI=1S/C13H15N3O2S/c1-19(17,18)12-8-16(9-13-14-6-7-15-13)11-5-3-2-4-10(11)12/h2-5,8H,6-7,9H2,1H3,(H,14,15). The summed E-state index contributed by atoms with van der Waals surface area (Å²) in [4.78, 5) is 4.72. The van der Waals surface area contributed by atoms with Gasteiger partial charge in [0.25, 0.3) is 0 Å². The van der Waals surface area contributed by atoms with Crippen LogP contribution in [0.4, 0.5) is 0 Å². The molecule has 1 aromatic carbocycles. The molecule has 1 aliphatic rings. The molecular weight excluding hydrogens is 262 g/mol. The molecule has 6 heteroatoms. The Balaban J connectivity index is 2.14. The molecule has 0 radical (unpaired) electrons. The van der Waals surface area contributed by atoms with E-state index in [0.29, 0.717) is 11.4 Å². The monoisotopic (exact) mass is 277 g/mol. The minimum Gasteiger partial charge on any atom is -0.370 e. The van der Waals surface area contributed by atoms with Gasteiger partial charge in [-0.1, -0.05) is 18.2 Å². The quantitative estimate of drug-likeness (QED) is 0.912. The van der Waals surface area contributed by atoms with Crippen molar-refractivity contribution in [3.63, 3.8) is 0 Å². The fourth-order valence-electron chi connectivity index (χ4n) is 2.35. The maximum absolute atomic E-state index is 11.8. The number of hydrogen-bond donors (Lipinski definition) is 1. The summed E-state index contributed by atoms with van der Waals surface area (Å²) in [6.45, 7) is 2.22. The summed E-state index contributed by atoms with van der Waals surface area (Å²) in [7, 11) is -3.22. The molecule has 19 heavy (non-hydrogen) atoms. The Morgan fingerprint density at radius 3 is 2.84 bits per heavy atom. The van der Waals surface area contributed by atoms with Crippen molar-refractivity contribution in [3.8, 4) is 0 Å². The number of fused-ring (bicyclic) bond motifs is 1. The first-order valence-corrected chi connectivity index (χ1v) is 8.00. The minimum atomic E-state index is -3.22. The van der Waals surface area contributed by atoms with Gasteiger partial charge in [-0.2, -0.15) is 0 Å². The average Bonchev–Trinajstić information content (AvgIpc) is 2.97. The lowest BCUT2D eigenvalue weighted by Crippen LogP contribution is -2.23. The summed E-state index contributed by atoms with van der Waals surface area (Å²) in [5.74, 6) is 0.904. The normalized spacial score (nSPS) is 15.5. The molecule has 100 valence electrons. The van der Waals surface area contributed by atoms with Gasteiger partial charge in [0.1, 0.15) is 5.84 Å². The molecule has 0 saturated carbocycles. The second-order valence-electron chi connectivity index (χ2n) is 4.67. The van der Waals surface area contributed by atoms with Crippen molar-refractivity contribution >= 4 is 26.6 Å². The number of nitrogens with zero attached hydrogens (tertiary/aromatic N) is 2. The molecule has 5 nitrogen and oxygen atoms in total. The van der Waals surface area contributed by atoms with Crippen molar-refractivity contribution in [1.29, 1.82) is 0 Å². The number of nitrogens with one attached hydrogen (secondary N) is 1. The van der Waals surface area contributed by atoms with E-state index < -0.39 is 9.84 Å². The van der Waals surface area contributed by atoms with Crippen LogP contribution in [0, 0.1) is 0 Å². The first kappa shape index (κ1) is 12.2. The number of amidine groups is 1. The van der Waals surface area contributed by atoms with Gasteiger partial charge in [-0.15, -0.1) is 0 Å². The van der Waals surface area contributed by atoms with Gasteiger partial charge in [-0.05, 0) is 6.07 Å². The van der Waals surface area contributed by atoms with Gasteiger partial charge in [0.15, 0.2) is 9.84 Å². The number of rotatable bonds is 3. The fourth-order valence-corrected chi connectivity index (χ4v) is 3.24. The van der Waals surface area contributed by atoms with E-state index in [1.165, 1.54) is 6.26 Å². The molecule has 0 spiro atoms. The molecule has 0 aliphatic carbocycles. The number of sulfone groups is 1. The lowest BCUT2D eigenvalue weighted by Gasteiger charge is -2.05. The van der Waals surface area contributed by atoms with Gasteiger partial charge >= 0.3 is 0 Å². The second kappa shape index (κ2) is 4.38. The van der Waals surface area contributed by atoms with Gasteiger partial charge in [-0.3, -0.25) is 4.99 Å². The molecule has 0 atom stereocenters. The van der Waals surface area contributed by atoms with Gasteiger partial charge in [0.2, 0.25) is 0 Å². The smallest absolute Gasteiger partial charge is 0.177 e. The van der Waals surface area contributed by atoms with Crippen LogP contribution in [-0.2, 0) is 16.4 Å². The van der Waals surface area contributed by atoms with E-state index >= 15 is 0 Å². The number of aromatic nitrogens is 1. The predicted octanol–water partition coefficient (Wildman–Crippen LogP) is 1.05. The Morgan fingerprint density at radius 2 is 2.16 bits per heavy atom. The van der Waals surface area contributed by atoms with Crippen LogP contribution in [0.15, 0.2) is 40.4 Å². The summed E-state index contributed by atoms with van der Waals surface area (Å²) < 4.78 is 25.6. The first-order chi connectivity index (χ1) is 9.05. The summed E-state index contributed by atoms with van der Waals surface area (Å²) in [5.41, 5.74) is 0.916. The number of benzene rings is 1. The van der Waals surface area contributed by atoms with Crippen LogP contribution in [-0.4, -0.2) is 38.2 Å². The van der Waals surface area contributed by atoms with Crippen molar-refractivity contribution in [2.75, 3.05) is 19.3 Å². The average molecular weight is 277 g/mol. The molecule has 0 fully saturated rings. The Labute approximate surface area is 111 Å². The summed E-state index contributed by atoms with van der Waals surface area (Å²) in [6.07, 6.45) is 2.94. The zero-order valence-electron chi connectivity index (χ0n) is 10.6. The van der Waals surface area contributed by atoms with E-state index in [4.69, 9.17) is 0 Å². The summed E-state index contributed by atoms with van der Waals surface area (Å²) in [6, 6.07) is 7.53. The van der Waals surface area contributed by atoms with Crippen molar-refractivity contribution in [2.24, 2.45) is 4.99 Å². The maximum Gasteiger partial charge on any atom is 0.177 e. The molecule has 0 amide bonds. The second-order valence-corrected chi connectivity index (χ2v) is 6.65. The van der Waals surface area contributed by atoms with E-state index in [0.717, 1.165) is 29.8 Å². The van der Waals surface area contributed by atoms with Crippen LogP contribution < -0.4 is 5.32 Å². The Kier molecular flexibility index (Phi) is 2.82. The van der Waals surface area contributed by atoms with Crippen LogP contribution >= 0.6 is 0 Å². The van der Waals surface area contributed by atoms with Crippen LogP contribution in [0.2, 0.25) is 0 Å². The number of aliphatic imine (C=N–C) groups is 1. The molecule has 1 aromatic heterocycles. The van der Waals surface area contributed by atoms with Gasteiger partial charge in [-0.25, -0.2) is 8.42 Å². The SMILES string of the molecule is CS(=O)(=O)c1cn(CC2=NCCN2)c2ccccc12. The van der Waals surface area contributed by atoms with E-state index in [1.54, 1.807) is 6.20 Å². The summed E-state index contributed by atoms with van der Waals surface area (Å²) in [5, 5.41) is 3.96. The highest BCUT2D eigenvalue weighted by Crippen LogP contribution is 2.25. The van der Waals surface area contributed by atoms with Crippen molar-refractivity contribution in [1.82, 2.24) is 9.88 Å². The molecule has 3 rings (SSSR count). The number of hydrogen-bond acceptors (Lipinski definition) is 4. The van der Waals surface area contributed by atoms with E-state index in [2.05, 4.69) is 10.3 Å². The third-order valence-corrected chi connectivity index (χ3v) is 4.34. The molecular formula is C13H15N3O2S. The summed E-state index contributed by atoms with van der Waals surface area (Å²) >= 11 is 0. The van der Waals surface area contributed by atoms with Crippen LogP contribution in [0.3, 0.4) is 0 Å². The lowest BCUT2D eigenvalue weighted by atomic mass is 10.2. The Morgan fingerprint density at radius 1 is 1.37 bits per heavy atom. The molecule has 1 N–H and O–H groups in total. The Hall–Kier alpha value is -1.82. The third kappa shape index (κ3) is 2.23. The zero-order valence-corrected chi connectivity index (χ0v) is 11.4. The molecule has 1 aliphatic heterocycles. The molecule has 2 aromatic rings. The zero-order chi connectivity index (χ0) is 13.5. The van der Waals surface area contributed by atoms with Crippen LogP contribution in [0.5, 0.6) is 0 Å².